The van der Waals surface area contributed by atoms with E-state index in [9.17, 15) is 9.59 Å². The molecule has 1 N–H and O–H groups in total. The van der Waals surface area contributed by atoms with Crippen LogP contribution in [0, 0.1) is 11.3 Å². The summed E-state index contributed by atoms with van der Waals surface area (Å²) in [6, 6.07) is 0.530. The monoisotopic (exact) mass is 379 g/mol. The first kappa shape index (κ1) is 20.4. The zero-order valence-corrected chi connectivity index (χ0v) is 17.2. The maximum atomic E-state index is 12.5. The highest BCUT2D eigenvalue weighted by molar-refractivity contribution is 5.78. The lowest BCUT2D eigenvalue weighted by molar-refractivity contribution is -0.127. The van der Waals surface area contributed by atoms with Gasteiger partial charge in [-0.25, -0.2) is 4.79 Å². The molecule has 2 heterocycles. The number of hydrogen-bond donors (Lipinski definition) is 1. The average molecular weight is 380 g/mol. The summed E-state index contributed by atoms with van der Waals surface area (Å²) in [5, 5.41) is 3.21. The Morgan fingerprint density at radius 3 is 2.41 bits per heavy atom. The summed E-state index contributed by atoms with van der Waals surface area (Å²) in [6.45, 7) is 9.00. The van der Waals surface area contributed by atoms with Crippen LogP contribution in [0.2, 0.25) is 0 Å². The van der Waals surface area contributed by atoms with E-state index in [0.29, 0.717) is 18.1 Å². The van der Waals surface area contributed by atoms with Crippen LogP contribution in [0.15, 0.2) is 0 Å². The molecule has 3 rings (SSSR count). The molecule has 0 aromatic rings. The number of hydrogen-bond acceptors (Lipinski definition) is 4. The van der Waals surface area contributed by atoms with Crippen molar-refractivity contribution in [3.05, 3.63) is 0 Å². The van der Waals surface area contributed by atoms with Gasteiger partial charge in [0.25, 0.3) is 0 Å². The first-order valence-electron chi connectivity index (χ1n) is 10.9. The Balaban J connectivity index is 1.39. The van der Waals surface area contributed by atoms with Crippen molar-refractivity contribution in [2.24, 2.45) is 11.3 Å². The van der Waals surface area contributed by atoms with Crippen molar-refractivity contribution in [3.8, 4) is 0 Å². The largest absolute Gasteiger partial charge is 0.450 e. The highest BCUT2D eigenvalue weighted by Gasteiger charge is 2.34. The van der Waals surface area contributed by atoms with E-state index in [2.05, 4.69) is 17.1 Å². The molecule has 0 bridgehead atoms. The van der Waals surface area contributed by atoms with E-state index in [1.54, 1.807) is 0 Å². The molecule has 0 spiro atoms. The van der Waals surface area contributed by atoms with Gasteiger partial charge in [-0.05, 0) is 70.4 Å². The zero-order valence-electron chi connectivity index (χ0n) is 17.2. The van der Waals surface area contributed by atoms with E-state index < -0.39 is 0 Å². The van der Waals surface area contributed by atoms with Crippen LogP contribution in [0.5, 0.6) is 0 Å². The van der Waals surface area contributed by atoms with Crippen LogP contribution < -0.4 is 5.32 Å². The number of carbonyl (C=O) groups excluding carboxylic acids is 2. The Labute approximate surface area is 164 Å². The summed E-state index contributed by atoms with van der Waals surface area (Å²) in [4.78, 5) is 28.9. The molecule has 27 heavy (non-hydrogen) atoms. The van der Waals surface area contributed by atoms with E-state index in [0.717, 1.165) is 64.8 Å². The Bertz CT molecular complexity index is 513. The van der Waals surface area contributed by atoms with Crippen molar-refractivity contribution in [2.75, 3.05) is 39.3 Å². The second kappa shape index (κ2) is 9.26. The minimum absolute atomic E-state index is 0.173. The van der Waals surface area contributed by atoms with Crippen LogP contribution in [-0.2, 0) is 9.53 Å². The van der Waals surface area contributed by atoms with Crippen LogP contribution in [0.3, 0.4) is 0 Å². The van der Waals surface area contributed by atoms with Crippen molar-refractivity contribution in [3.63, 3.8) is 0 Å². The lowest BCUT2D eigenvalue weighted by Crippen LogP contribution is -2.47. The first-order valence-corrected chi connectivity index (χ1v) is 10.9. The zero-order chi connectivity index (χ0) is 19.3. The highest BCUT2D eigenvalue weighted by Crippen LogP contribution is 2.39. The fourth-order valence-corrected chi connectivity index (χ4v) is 4.77. The van der Waals surface area contributed by atoms with Crippen molar-refractivity contribution < 1.29 is 14.3 Å². The molecule has 0 aromatic carbocycles. The second-order valence-corrected chi connectivity index (χ2v) is 8.96. The quantitative estimate of drug-likeness (QED) is 0.798. The van der Waals surface area contributed by atoms with E-state index in [4.69, 9.17) is 4.74 Å². The average Bonchev–Trinajstić information content (AvgIpc) is 2.91. The summed E-state index contributed by atoms with van der Waals surface area (Å²) in [5.74, 6) is 0.434. The van der Waals surface area contributed by atoms with E-state index in [1.807, 2.05) is 11.8 Å². The summed E-state index contributed by atoms with van der Waals surface area (Å²) in [5.41, 5.74) is 0.349. The van der Waals surface area contributed by atoms with Gasteiger partial charge in [-0.3, -0.25) is 4.79 Å². The molecular formula is C21H37N3O3. The molecule has 0 radical (unpaired) electrons. The Hall–Kier alpha value is -1.30. The van der Waals surface area contributed by atoms with Crippen molar-refractivity contribution in [1.82, 2.24) is 15.1 Å². The predicted molar refractivity (Wildman–Crippen MR) is 105 cm³/mol. The molecule has 154 valence electrons. The van der Waals surface area contributed by atoms with Gasteiger partial charge < -0.3 is 19.9 Å². The third-order valence-corrected chi connectivity index (χ3v) is 6.89. The van der Waals surface area contributed by atoms with Crippen LogP contribution in [0.25, 0.3) is 0 Å². The summed E-state index contributed by atoms with van der Waals surface area (Å²) < 4.78 is 5.15. The molecule has 3 aliphatic rings. The molecule has 1 unspecified atom stereocenters. The first-order chi connectivity index (χ1) is 13.0. The van der Waals surface area contributed by atoms with Crippen molar-refractivity contribution in [2.45, 2.75) is 71.3 Å². The molecule has 6 heteroatoms. The minimum atomic E-state index is -0.173. The van der Waals surface area contributed by atoms with Gasteiger partial charge in [0.15, 0.2) is 0 Å². The van der Waals surface area contributed by atoms with Crippen LogP contribution in [0.1, 0.15) is 65.2 Å². The number of amides is 2. The van der Waals surface area contributed by atoms with Gasteiger partial charge >= 0.3 is 6.09 Å². The molecule has 2 amide bonds. The van der Waals surface area contributed by atoms with Gasteiger partial charge in [-0.15, -0.1) is 0 Å². The van der Waals surface area contributed by atoms with Gasteiger partial charge in [-0.1, -0.05) is 13.3 Å². The molecule has 2 aliphatic heterocycles. The molecule has 1 saturated carbocycles. The number of nitrogens with one attached hydrogen (secondary N) is 1. The lowest BCUT2D eigenvalue weighted by atomic mass is 9.70. The fourth-order valence-electron chi connectivity index (χ4n) is 4.77. The van der Waals surface area contributed by atoms with Crippen molar-refractivity contribution in [1.29, 1.82) is 0 Å². The molecule has 3 fully saturated rings. The maximum absolute atomic E-state index is 12.5. The SMILES string of the molecule is CCOC(=O)N1CCCC(N2CCC(C(=O)NCC3(C)CCC3)CC2)CC1. The molecule has 6 nitrogen and oxygen atoms in total. The van der Waals surface area contributed by atoms with Crippen molar-refractivity contribution >= 4 is 12.0 Å². The topological polar surface area (TPSA) is 61.9 Å². The van der Waals surface area contributed by atoms with Gasteiger partial charge in [0.2, 0.25) is 5.91 Å². The molecule has 0 aromatic heterocycles. The van der Waals surface area contributed by atoms with Crippen LogP contribution in [-0.4, -0.2) is 67.2 Å². The number of rotatable bonds is 5. The normalized spacial score (nSPS) is 26.7. The molecule has 1 aliphatic carbocycles. The van der Waals surface area contributed by atoms with Crippen LogP contribution >= 0.6 is 0 Å². The summed E-state index contributed by atoms with van der Waals surface area (Å²) in [6.07, 6.45) is 8.71. The standard InChI is InChI=1S/C21H37N3O3/c1-3-27-20(26)24-12-4-6-18(9-15-24)23-13-7-17(8-14-23)19(25)22-16-21(2)10-5-11-21/h17-18H,3-16H2,1-2H3,(H,22,25). The number of piperidine rings is 1. The Morgan fingerprint density at radius 2 is 1.78 bits per heavy atom. The smallest absolute Gasteiger partial charge is 0.409 e. The number of nitrogens with zero attached hydrogens (tertiary/aromatic N) is 2. The lowest BCUT2D eigenvalue weighted by Gasteiger charge is -2.40. The van der Waals surface area contributed by atoms with Gasteiger partial charge in [0.05, 0.1) is 6.61 Å². The molecule has 1 atom stereocenters. The minimum Gasteiger partial charge on any atom is -0.450 e. The Morgan fingerprint density at radius 1 is 1.04 bits per heavy atom. The van der Waals surface area contributed by atoms with Gasteiger partial charge in [0.1, 0.15) is 0 Å². The second-order valence-electron chi connectivity index (χ2n) is 8.96. The molecular weight excluding hydrogens is 342 g/mol. The van der Waals surface area contributed by atoms with E-state index in [-0.39, 0.29) is 17.9 Å². The predicted octanol–water partition coefficient (Wildman–Crippen LogP) is 3.02. The van der Waals surface area contributed by atoms with Crippen LogP contribution in [0.4, 0.5) is 4.79 Å². The number of ether oxygens (including phenoxy) is 1. The van der Waals surface area contributed by atoms with Gasteiger partial charge in [0, 0.05) is 31.6 Å². The summed E-state index contributed by atoms with van der Waals surface area (Å²) in [7, 11) is 0. The number of carbonyl (C=O) groups is 2. The third kappa shape index (κ3) is 5.37. The fraction of sp³-hybridized carbons (Fsp3) is 0.905. The highest BCUT2D eigenvalue weighted by atomic mass is 16.6. The molecule has 2 saturated heterocycles. The van der Waals surface area contributed by atoms with E-state index in [1.165, 1.54) is 19.3 Å². The Kier molecular flexibility index (Phi) is 7.01. The third-order valence-electron chi connectivity index (χ3n) is 6.89. The maximum Gasteiger partial charge on any atom is 0.409 e. The summed E-state index contributed by atoms with van der Waals surface area (Å²) >= 11 is 0. The van der Waals surface area contributed by atoms with Gasteiger partial charge in [-0.2, -0.15) is 0 Å². The number of likely N-dealkylation sites (tertiary alicyclic amines) is 2. The van der Waals surface area contributed by atoms with E-state index >= 15 is 0 Å².